The van der Waals surface area contributed by atoms with Crippen LogP contribution in [0, 0.1) is 6.92 Å². The molecule has 1 aliphatic heterocycles. The van der Waals surface area contributed by atoms with Crippen molar-refractivity contribution in [2.75, 3.05) is 24.8 Å². The maximum absolute atomic E-state index is 12.4. The van der Waals surface area contributed by atoms with Crippen molar-refractivity contribution in [3.8, 4) is 0 Å². The fourth-order valence-electron chi connectivity index (χ4n) is 3.26. The number of amides is 1. The van der Waals surface area contributed by atoms with Gasteiger partial charge in [-0.3, -0.25) is 9.59 Å². The van der Waals surface area contributed by atoms with Gasteiger partial charge in [0.2, 0.25) is 5.90 Å². The van der Waals surface area contributed by atoms with Gasteiger partial charge >= 0.3 is 5.97 Å². The Morgan fingerprint density at radius 1 is 1.21 bits per heavy atom. The fraction of sp³-hybridized carbons (Fsp3) is 0.423. The van der Waals surface area contributed by atoms with Crippen molar-refractivity contribution >= 4 is 35.2 Å². The normalized spacial score (nSPS) is 13.9. The van der Waals surface area contributed by atoms with Crippen LogP contribution in [0.3, 0.4) is 0 Å². The van der Waals surface area contributed by atoms with E-state index in [1.54, 1.807) is 0 Å². The van der Waals surface area contributed by atoms with Gasteiger partial charge in [-0.15, -0.1) is 16.9 Å². The lowest BCUT2D eigenvalue weighted by atomic mass is 10.2. The zero-order chi connectivity index (χ0) is 24.6. The highest BCUT2D eigenvalue weighted by Crippen LogP contribution is 2.33. The summed E-state index contributed by atoms with van der Waals surface area (Å²) in [5.41, 5.74) is 2.89. The minimum absolute atomic E-state index is 0.0307. The Kier molecular flexibility index (Phi) is 9.12. The molecule has 3 rings (SSSR count). The SMILES string of the molecule is CCCCOC(=O)C(C)(C)Sc1ccc(CNCC2=NN(c3cccc(C)c3)C(=O)CO2)cc1. The summed E-state index contributed by atoms with van der Waals surface area (Å²) in [7, 11) is 0. The number of unbranched alkanes of at least 4 members (excludes halogenated alkanes) is 1. The summed E-state index contributed by atoms with van der Waals surface area (Å²) in [6, 6.07) is 15.7. The third kappa shape index (κ3) is 7.33. The molecular weight excluding hydrogens is 450 g/mol. The predicted molar refractivity (Wildman–Crippen MR) is 136 cm³/mol. The molecule has 2 aromatic rings. The van der Waals surface area contributed by atoms with E-state index < -0.39 is 4.75 Å². The number of hydrogen-bond acceptors (Lipinski definition) is 7. The highest BCUT2D eigenvalue weighted by Gasteiger charge is 2.30. The van der Waals surface area contributed by atoms with Crippen LogP contribution in [0.2, 0.25) is 0 Å². The third-order valence-electron chi connectivity index (χ3n) is 5.18. The van der Waals surface area contributed by atoms with Gasteiger partial charge in [0.15, 0.2) is 6.61 Å². The molecule has 1 amide bonds. The van der Waals surface area contributed by atoms with Crippen molar-refractivity contribution in [2.24, 2.45) is 5.10 Å². The first-order valence-corrected chi connectivity index (χ1v) is 12.4. The molecule has 0 aliphatic carbocycles. The van der Waals surface area contributed by atoms with Crippen LogP contribution in [0.4, 0.5) is 5.69 Å². The first kappa shape index (κ1) is 25.8. The van der Waals surface area contributed by atoms with Gasteiger partial charge in [0.05, 0.1) is 18.8 Å². The molecule has 0 saturated carbocycles. The van der Waals surface area contributed by atoms with Crippen molar-refractivity contribution in [1.29, 1.82) is 0 Å². The first-order chi connectivity index (χ1) is 16.3. The molecule has 0 atom stereocenters. The minimum Gasteiger partial charge on any atom is -0.469 e. The van der Waals surface area contributed by atoms with Gasteiger partial charge in [-0.1, -0.05) is 37.6 Å². The van der Waals surface area contributed by atoms with Crippen molar-refractivity contribution in [1.82, 2.24) is 5.32 Å². The lowest BCUT2D eigenvalue weighted by molar-refractivity contribution is -0.145. The molecule has 7 nitrogen and oxygen atoms in total. The highest BCUT2D eigenvalue weighted by atomic mass is 32.2. The van der Waals surface area contributed by atoms with Crippen LogP contribution < -0.4 is 10.3 Å². The Hall–Kier alpha value is -2.84. The Morgan fingerprint density at radius 2 is 1.97 bits per heavy atom. The van der Waals surface area contributed by atoms with E-state index in [1.165, 1.54) is 16.8 Å². The molecule has 8 heteroatoms. The molecular formula is C26H33N3O4S. The van der Waals surface area contributed by atoms with Crippen LogP contribution in [0.15, 0.2) is 58.5 Å². The molecule has 0 bridgehead atoms. The number of ether oxygens (including phenoxy) is 2. The number of esters is 1. The summed E-state index contributed by atoms with van der Waals surface area (Å²) in [4.78, 5) is 25.6. The van der Waals surface area contributed by atoms with Crippen LogP contribution in [0.1, 0.15) is 44.7 Å². The number of carbonyl (C=O) groups excluding carboxylic acids is 2. The van der Waals surface area contributed by atoms with Crippen LogP contribution in [-0.4, -0.2) is 42.3 Å². The summed E-state index contributed by atoms with van der Waals surface area (Å²) >= 11 is 1.50. The predicted octanol–water partition coefficient (Wildman–Crippen LogP) is 4.68. The van der Waals surface area contributed by atoms with E-state index >= 15 is 0 Å². The molecule has 182 valence electrons. The van der Waals surface area contributed by atoms with E-state index in [4.69, 9.17) is 9.47 Å². The summed E-state index contributed by atoms with van der Waals surface area (Å²) < 4.78 is 10.2. The summed E-state index contributed by atoms with van der Waals surface area (Å²) in [5, 5.41) is 9.08. The minimum atomic E-state index is -0.648. The average Bonchev–Trinajstić information content (AvgIpc) is 2.81. The Labute approximate surface area is 205 Å². The van der Waals surface area contributed by atoms with Crippen LogP contribution in [-0.2, 0) is 25.6 Å². The van der Waals surface area contributed by atoms with Gasteiger partial charge in [-0.2, -0.15) is 5.01 Å². The second-order valence-corrected chi connectivity index (χ2v) is 10.4. The monoisotopic (exact) mass is 483 g/mol. The smallest absolute Gasteiger partial charge is 0.321 e. The highest BCUT2D eigenvalue weighted by molar-refractivity contribution is 8.01. The average molecular weight is 484 g/mol. The van der Waals surface area contributed by atoms with Gasteiger partial charge in [-0.05, 0) is 62.6 Å². The van der Waals surface area contributed by atoms with Gasteiger partial charge in [0, 0.05) is 11.4 Å². The number of rotatable bonds is 11. The molecule has 0 unspecified atom stereocenters. The Morgan fingerprint density at radius 3 is 2.68 bits per heavy atom. The van der Waals surface area contributed by atoms with Gasteiger partial charge < -0.3 is 14.8 Å². The number of anilines is 1. The molecule has 34 heavy (non-hydrogen) atoms. The maximum atomic E-state index is 12.4. The van der Waals surface area contributed by atoms with Crippen LogP contribution in [0.25, 0.3) is 0 Å². The van der Waals surface area contributed by atoms with Crippen LogP contribution in [0.5, 0.6) is 0 Å². The second kappa shape index (κ2) is 12.0. The number of thioether (sulfide) groups is 1. The number of nitrogens with one attached hydrogen (secondary N) is 1. The molecule has 1 heterocycles. The lowest BCUT2D eigenvalue weighted by Gasteiger charge is -2.24. The van der Waals surface area contributed by atoms with Gasteiger partial charge in [0.1, 0.15) is 4.75 Å². The van der Waals surface area contributed by atoms with Crippen molar-refractivity contribution in [3.05, 3.63) is 59.7 Å². The molecule has 0 saturated heterocycles. The molecule has 0 radical (unpaired) electrons. The lowest BCUT2D eigenvalue weighted by Crippen LogP contribution is -2.39. The van der Waals surface area contributed by atoms with Crippen LogP contribution >= 0.6 is 11.8 Å². The number of benzene rings is 2. The number of hydrogen-bond donors (Lipinski definition) is 1. The number of hydrazone groups is 1. The topological polar surface area (TPSA) is 80.2 Å². The molecule has 2 aromatic carbocycles. The van der Waals surface area contributed by atoms with Gasteiger partial charge in [-0.25, -0.2) is 0 Å². The summed E-state index contributed by atoms with van der Waals surface area (Å²) in [6.07, 6.45) is 1.88. The maximum Gasteiger partial charge on any atom is 0.321 e. The molecule has 0 fully saturated rings. The quantitative estimate of drug-likeness (QED) is 0.284. The number of carbonyl (C=O) groups is 2. The zero-order valence-electron chi connectivity index (χ0n) is 20.3. The van der Waals surface area contributed by atoms with Crippen molar-refractivity contribution in [2.45, 2.75) is 56.7 Å². The fourth-order valence-corrected chi connectivity index (χ4v) is 4.26. The summed E-state index contributed by atoms with van der Waals surface area (Å²) in [6.45, 7) is 9.28. The van der Waals surface area contributed by atoms with Gasteiger partial charge in [0.25, 0.3) is 5.91 Å². The zero-order valence-corrected chi connectivity index (χ0v) is 21.1. The van der Waals surface area contributed by atoms with E-state index in [0.29, 0.717) is 25.6 Å². The largest absolute Gasteiger partial charge is 0.469 e. The Bertz CT molecular complexity index is 1020. The first-order valence-electron chi connectivity index (χ1n) is 11.5. The van der Waals surface area contributed by atoms with E-state index in [1.807, 2.05) is 69.3 Å². The van der Waals surface area contributed by atoms with Crippen molar-refractivity contribution in [3.63, 3.8) is 0 Å². The Balaban J connectivity index is 1.51. The van der Waals surface area contributed by atoms with E-state index in [9.17, 15) is 9.59 Å². The summed E-state index contributed by atoms with van der Waals surface area (Å²) in [5.74, 6) is 0.0827. The number of nitrogens with zero attached hydrogens (tertiary/aromatic N) is 2. The molecule has 1 aliphatic rings. The van der Waals surface area contributed by atoms with Crippen molar-refractivity contribution < 1.29 is 19.1 Å². The molecule has 0 spiro atoms. The van der Waals surface area contributed by atoms with E-state index in [2.05, 4.69) is 17.3 Å². The standard InChI is InChI=1S/C26H33N3O4S/c1-5-6-14-32-25(31)26(3,4)34-22-12-10-20(11-13-22)16-27-17-23-28-29(24(30)18-33-23)21-9-7-8-19(2)15-21/h7-13,15,27H,5-6,14,16-18H2,1-4H3. The van der Waals surface area contributed by atoms with E-state index in [-0.39, 0.29) is 18.5 Å². The molecule has 0 aromatic heterocycles. The molecule has 1 N–H and O–H groups in total. The van der Waals surface area contributed by atoms with E-state index in [0.717, 1.165) is 34.6 Å². The number of aryl methyl sites for hydroxylation is 1. The second-order valence-electron chi connectivity index (χ2n) is 8.68. The third-order valence-corrected chi connectivity index (χ3v) is 6.37.